The smallest absolute Gasteiger partial charge is 0.338 e. The maximum Gasteiger partial charge on any atom is 0.338 e. The number of carbonyl (C=O) groups excluding carboxylic acids is 4. The van der Waals surface area contributed by atoms with Gasteiger partial charge in [0.25, 0.3) is 5.91 Å². The third-order valence-electron chi connectivity index (χ3n) is 5.73. The Morgan fingerprint density at radius 1 is 0.970 bits per heavy atom. The predicted molar refractivity (Wildman–Crippen MR) is 125 cm³/mol. The fourth-order valence-corrected chi connectivity index (χ4v) is 4.86. The fourth-order valence-electron chi connectivity index (χ4n) is 4.08. The third kappa shape index (κ3) is 4.86. The van der Waals surface area contributed by atoms with Crippen molar-refractivity contribution >= 4 is 69.9 Å². The maximum atomic E-state index is 12.9. The lowest BCUT2D eigenvalue weighted by molar-refractivity contribution is -0.122. The molecule has 0 unspecified atom stereocenters. The highest BCUT2D eigenvalue weighted by atomic mass is 35.5. The van der Waals surface area contributed by atoms with Crippen LogP contribution in [0.5, 0.6) is 0 Å². The van der Waals surface area contributed by atoms with E-state index in [4.69, 9.17) is 39.5 Å². The van der Waals surface area contributed by atoms with Crippen LogP contribution >= 0.6 is 34.8 Å². The van der Waals surface area contributed by atoms with E-state index < -0.39 is 30.3 Å². The first-order chi connectivity index (χ1) is 15.8. The van der Waals surface area contributed by atoms with Crippen molar-refractivity contribution in [3.05, 3.63) is 59.1 Å². The first-order valence-electron chi connectivity index (χ1n) is 10.2. The number of imide groups is 1. The van der Waals surface area contributed by atoms with Crippen LogP contribution in [0.1, 0.15) is 23.2 Å². The molecular weight excluding hydrogens is 491 g/mol. The second kappa shape index (κ2) is 9.71. The van der Waals surface area contributed by atoms with Crippen LogP contribution < -0.4 is 10.2 Å². The molecule has 172 valence electrons. The summed E-state index contributed by atoms with van der Waals surface area (Å²) in [6, 6.07) is 12.6. The number of fused-ring (bicyclic) bond motifs is 1. The van der Waals surface area contributed by atoms with E-state index in [9.17, 15) is 19.2 Å². The van der Waals surface area contributed by atoms with Crippen LogP contribution in [0.15, 0.2) is 48.5 Å². The summed E-state index contributed by atoms with van der Waals surface area (Å²) in [6.07, 6.45) is 0.646. The Bertz CT molecular complexity index is 1100. The molecule has 1 saturated carbocycles. The predicted octanol–water partition coefficient (Wildman–Crippen LogP) is 4.25. The van der Waals surface area contributed by atoms with Crippen molar-refractivity contribution in [2.45, 2.75) is 23.6 Å². The second-order valence-electron chi connectivity index (χ2n) is 7.88. The minimum Gasteiger partial charge on any atom is -0.452 e. The summed E-state index contributed by atoms with van der Waals surface area (Å²) < 4.78 is 5.08. The Balaban J connectivity index is 1.43. The van der Waals surface area contributed by atoms with Gasteiger partial charge < -0.3 is 10.1 Å². The van der Waals surface area contributed by atoms with E-state index in [-0.39, 0.29) is 33.8 Å². The molecule has 33 heavy (non-hydrogen) atoms. The zero-order chi connectivity index (χ0) is 23.7. The number of amides is 3. The van der Waals surface area contributed by atoms with Gasteiger partial charge in [-0.2, -0.15) is 0 Å². The molecule has 0 radical (unpaired) electrons. The van der Waals surface area contributed by atoms with Crippen molar-refractivity contribution in [2.75, 3.05) is 16.8 Å². The van der Waals surface area contributed by atoms with Gasteiger partial charge in [-0.15, -0.1) is 23.2 Å². The number of carbonyl (C=O) groups is 4. The topological polar surface area (TPSA) is 92.8 Å². The van der Waals surface area contributed by atoms with E-state index in [1.165, 1.54) is 18.2 Å². The highest BCUT2D eigenvalue weighted by Gasteiger charge is 2.52. The van der Waals surface area contributed by atoms with E-state index in [1.807, 2.05) is 0 Å². The van der Waals surface area contributed by atoms with Gasteiger partial charge in [0.2, 0.25) is 11.8 Å². The number of alkyl halides is 2. The molecule has 1 aliphatic carbocycles. The minimum absolute atomic E-state index is 0.0963. The lowest BCUT2D eigenvalue weighted by atomic mass is 9.80. The summed E-state index contributed by atoms with van der Waals surface area (Å²) in [6.45, 7) is -0.534. The Morgan fingerprint density at radius 3 is 2.24 bits per heavy atom. The molecule has 10 heteroatoms. The molecule has 4 rings (SSSR count). The molecule has 1 N–H and O–H groups in total. The van der Waals surface area contributed by atoms with Crippen LogP contribution in [0.4, 0.5) is 11.4 Å². The first-order valence-corrected chi connectivity index (χ1v) is 11.5. The van der Waals surface area contributed by atoms with Crippen LogP contribution in [0.3, 0.4) is 0 Å². The molecule has 0 aromatic heterocycles. The van der Waals surface area contributed by atoms with Crippen LogP contribution in [0, 0.1) is 11.8 Å². The van der Waals surface area contributed by atoms with E-state index in [0.717, 1.165) is 4.90 Å². The normalized spacial score (nSPS) is 24.4. The Hall–Kier alpha value is -2.61. The molecule has 1 aliphatic heterocycles. The highest BCUT2D eigenvalue weighted by molar-refractivity contribution is 6.33. The molecule has 2 aliphatic rings. The maximum absolute atomic E-state index is 12.9. The molecule has 7 nitrogen and oxygen atoms in total. The average Bonchev–Trinajstić information content (AvgIpc) is 3.03. The molecular formula is C23H19Cl3N2O5. The zero-order valence-corrected chi connectivity index (χ0v) is 19.4. The van der Waals surface area contributed by atoms with Gasteiger partial charge in [-0.25, -0.2) is 4.79 Å². The largest absolute Gasteiger partial charge is 0.452 e. The van der Waals surface area contributed by atoms with Gasteiger partial charge in [0.15, 0.2) is 6.61 Å². The third-order valence-corrected chi connectivity index (χ3v) is 7.16. The van der Waals surface area contributed by atoms with Gasteiger partial charge >= 0.3 is 5.97 Å². The highest BCUT2D eigenvalue weighted by Crippen LogP contribution is 2.43. The molecule has 3 amide bonds. The van der Waals surface area contributed by atoms with Crippen LogP contribution in [-0.4, -0.2) is 41.1 Å². The summed E-state index contributed by atoms with van der Waals surface area (Å²) in [5.74, 6) is -3.11. The fraction of sp³-hybridized carbons (Fsp3) is 0.304. The number of ether oxygens (including phenoxy) is 1. The lowest BCUT2D eigenvalue weighted by Crippen LogP contribution is -2.34. The van der Waals surface area contributed by atoms with Gasteiger partial charge in [0.05, 0.1) is 44.6 Å². The van der Waals surface area contributed by atoms with Crippen LogP contribution in [-0.2, 0) is 19.1 Å². The Labute approximate surface area is 204 Å². The molecule has 2 aromatic carbocycles. The monoisotopic (exact) mass is 508 g/mol. The molecule has 0 spiro atoms. The number of anilines is 2. The summed E-state index contributed by atoms with van der Waals surface area (Å²) in [4.78, 5) is 51.5. The van der Waals surface area contributed by atoms with Crippen LogP contribution in [0.25, 0.3) is 0 Å². The van der Waals surface area contributed by atoms with Gasteiger partial charge in [0, 0.05) is 0 Å². The zero-order valence-electron chi connectivity index (χ0n) is 17.2. The van der Waals surface area contributed by atoms with E-state index >= 15 is 0 Å². The van der Waals surface area contributed by atoms with Gasteiger partial charge in [-0.1, -0.05) is 29.8 Å². The minimum atomic E-state index is -0.774. The number of nitrogens with one attached hydrogen (secondary N) is 1. The number of hydrogen-bond donors (Lipinski definition) is 1. The Kier molecular flexibility index (Phi) is 6.93. The van der Waals surface area contributed by atoms with Crippen molar-refractivity contribution in [2.24, 2.45) is 11.8 Å². The molecule has 2 aromatic rings. The summed E-state index contributed by atoms with van der Waals surface area (Å²) in [5, 5.41) is 2.13. The summed E-state index contributed by atoms with van der Waals surface area (Å²) in [5.41, 5.74) is 0.749. The second-order valence-corrected chi connectivity index (χ2v) is 9.41. The van der Waals surface area contributed by atoms with Gasteiger partial charge in [-0.3, -0.25) is 19.3 Å². The van der Waals surface area contributed by atoms with E-state index in [2.05, 4.69) is 5.32 Å². The van der Waals surface area contributed by atoms with Gasteiger partial charge in [-0.05, 0) is 43.2 Å². The SMILES string of the molecule is O=C(COC(=O)c1cccc(N2C(=O)[C@@H]3C[C@H](Cl)[C@@H](Cl)C[C@H]3C2=O)c1)Nc1ccccc1Cl. The number of para-hydroxylation sites is 1. The van der Waals surface area contributed by atoms with E-state index in [1.54, 1.807) is 30.3 Å². The number of halogens is 3. The standard InChI is InChI=1S/C23H19Cl3N2O5/c24-16-6-1-2-7-19(16)27-20(29)11-33-23(32)12-4-3-5-13(8-12)28-21(30)14-9-17(25)18(26)10-15(14)22(28)31/h1-8,14-15,17-18H,9-11H2,(H,27,29)/t14-,15-,17+,18+/m1/s1. The Morgan fingerprint density at radius 2 is 1.61 bits per heavy atom. The lowest BCUT2D eigenvalue weighted by Gasteiger charge is -2.28. The van der Waals surface area contributed by atoms with E-state index in [0.29, 0.717) is 23.6 Å². The number of rotatable bonds is 5. The molecule has 4 atom stereocenters. The first kappa shape index (κ1) is 23.5. The molecule has 1 heterocycles. The summed E-state index contributed by atoms with van der Waals surface area (Å²) >= 11 is 18.4. The quantitative estimate of drug-likeness (QED) is 0.370. The number of hydrogen-bond acceptors (Lipinski definition) is 5. The van der Waals surface area contributed by atoms with Gasteiger partial charge in [0.1, 0.15) is 0 Å². The van der Waals surface area contributed by atoms with Crippen LogP contribution in [0.2, 0.25) is 5.02 Å². The molecule has 1 saturated heterocycles. The number of nitrogens with zero attached hydrogens (tertiary/aromatic N) is 1. The van der Waals surface area contributed by atoms with Crippen molar-refractivity contribution in [1.29, 1.82) is 0 Å². The number of benzene rings is 2. The van der Waals surface area contributed by atoms with Crippen molar-refractivity contribution in [3.8, 4) is 0 Å². The van der Waals surface area contributed by atoms with Crippen molar-refractivity contribution in [3.63, 3.8) is 0 Å². The molecule has 0 bridgehead atoms. The van der Waals surface area contributed by atoms with Crippen molar-refractivity contribution < 1.29 is 23.9 Å². The number of esters is 1. The van der Waals surface area contributed by atoms with Crippen molar-refractivity contribution in [1.82, 2.24) is 0 Å². The average molecular weight is 510 g/mol. The summed E-state index contributed by atoms with van der Waals surface area (Å²) in [7, 11) is 0. The molecule has 2 fully saturated rings.